The van der Waals surface area contributed by atoms with Crippen LogP contribution in [0.5, 0.6) is 17.2 Å². The third-order valence-corrected chi connectivity index (χ3v) is 3.49. The average Bonchev–Trinajstić information content (AvgIpc) is 2.97. The van der Waals surface area contributed by atoms with Crippen LogP contribution in [0, 0.1) is 0 Å². The summed E-state index contributed by atoms with van der Waals surface area (Å²) >= 11 is 0. The lowest BCUT2D eigenvalue weighted by Crippen LogP contribution is -2.06. The van der Waals surface area contributed by atoms with Crippen molar-refractivity contribution in [3.8, 4) is 28.6 Å². The van der Waals surface area contributed by atoms with Crippen molar-refractivity contribution >= 4 is 11.0 Å². The minimum absolute atomic E-state index is 0.0686. The van der Waals surface area contributed by atoms with Gasteiger partial charge >= 0.3 is 0 Å². The van der Waals surface area contributed by atoms with Gasteiger partial charge < -0.3 is 19.2 Å². The first kappa shape index (κ1) is 15.2. The highest BCUT2D eigenvalue weighted by Crippen LogP contribution is 2.33. The Bertz CT molecular complexity index is 824. The Morgan fingerprint density at radius 3 is 2.48 bits per heavy atom. The molecule has 0 radical (unpaired) electrons. The quantitative estimate of drug-likeness (QED) is 0.772. The van der Waals surface area contributed by atoms with E-state index in [0.29, 0.717) is 11.5 Å². The maximum Gasteiger partial charge on any atom is 0.162 e. The van der Waals surface area contributed by atoms with Gasteiger partial charge in [-0.25, -0.2) is 4.98 Å². The lowest BCUT2D eigenvalue weighted by atomic mass is 10.2. The molecule has 3 aromatic rings. The molecule has 0 amide bonds. The van der Waals surface area contributed by atoms with Crippen LogP contribution in [0.3, 0.4) is 0 Å². The van der Waals surface area contributed by atoms with E-state index < -0.39 is 0 Å². The number of aromatic nitrogens is 2. The molecular weight excluding hydrogens is 292 g/mol. The molecule has 2 aromatic carbocycles. The third-order valence-electron chi connectivity index (χ3n) is 3.49. The Kier molecular flexibility index (Phi) is 4.10. The topological polar surface area (TPSA) is 56.4 Å². The predicted octanol–water partition coefficient (Wildman–Crippen LogP) is 4.03. The van der Waals surface area contributed by atoms with Gasteiger partial charge in [0.2, 0.25) is 0 Å². The van der Waals surface area contributed by atoms with Crippen molar-refractivity contribution in [1.29, 1.82) is 0 Å². The van der Waals surface area contributed by atoms with E-state index in [-0.39, 0.29) is 6.10 Å². The van der Waals surface area contributed by atoms with Gasteiger partial charge in [-0.15, -0.1) is 0 Å². The number of nitrogens with one attached hydrogen (secondary N) is 1. The minimum atomic E-state index is 0.0686. The summed E-state index contributed by atoms with van der Waals surface area (Å²) in [5, 5.41) is 0. The van der Waals surface area contributed by atoms with Gasteiger partial charge in [-0.3, -0.25) is 0 Å². The Labute approximate surface area is 135 Å². The van der Waals surface area contributed by atoms with Crippen LogP contribution >= 0.6 is 0 Å². The molecule has 3 rings (SSSR count). The molecule has 0 unspecified atom stereocenters. The van der Waals surface area contributed by atoms with Crippen LogP contribution in [-0.2, 0) is 0 Å². The van der Waals surface area contributed by atoms with Crippen molar-refractivity contribution in [2.45, 2.75) is 20.0 Å². The molecule has 0 atom stereocenters. The number of nitrogens with zero attached hydrogens (tertiary/aromatic N) is 1. The number of aromatic amines is 1. The molecule has 1 N–H and O–H groups in total. The molecule has 0 aliphatic heterocycles. The van der Waals surface area contributed by atoms with E-state index in [1.165, 1.54) is 0 Å². The summed E-state index contributed by atoms with van der Waals surface area (Å²) in [6.45, 7) is 3.97. The molecule has 0 bridgehead atoms. The fraction of sp³-hybridized carbons (Fsp3) is 0.278. The number of methoxy groups -OCH3 is 2. The molecule has 120 valence electrons. The number of rotatable bonds is 5. The summed E-state index contributed by atoms with van der Waals surface area (Å²) in [6.07, 6.45) is 0.0686. The molecule has 0 aliphatic rings. The zero-order chi connectivity index (χ0) is 16.4. The number of ether oxygens (including phenoxy) is 3. The molecule has 5 nitrogen and oxygen atoms in total. The largest absolute Gasteiger partial charge is 0.497 e. The number of H-pyrrole nitrogens is 1. The predicted molar refractivity (Wildman–Crippen MR) is 90.4 cm³/mol. The van der Waals surface area contributed by atoms with Crippen LogP contribution < -0.4 is 14.2 Å². The number of hydrogen-bond donors (Lipinski definition) is 1. The molecule has 0 spiro atoms. The third kappa shape index (κ3) is 3.08. The number of fused-ring (bicyclic) bond motifs is 1. The monoisotopic (exact) mass is 312 g/mol. The highest BCUT2D eigenvalue weighted by Gasteiger charge is 2.12. The summed E-state index contributed by atoms with van der Waals surface area (Å²) in [6, 6.07) is 11.5. The van der Waals surface area contributed by atoms with Crippen molar-refractivity contribution in [3.05, 3.63) is 36.4 Å². The molecule has 0 fully saturated rings. The Morgan fingerprint density at radius 1 is 0.957 bits per heavy atom. The van der Waals surface area contributed by atoms with Gasteiger partial charge in [0.05, 0.1) is 31.4 Å². The van der Waals surface area contributed by atoms with E-state index in [9.17, 15) is 0 Å². The van der Waals surface area contributed by atoms with E-state index in [0.717, 1.165) is 28.2 Å². The SMILES string of the molecule is COc1ccc2nc(-c3ccc(OC)c(OC(C)C)c3)[nH]c2c1. The summed E-state index contributed by atoms with van der Waals surface area (Å²) < 4.78 is 16.4. The molecule has 1 heterocycles. The lowest BCUT2D eigenvalue weighted by molar-refractivity contribution is 0.230. The molecular formula is C18H20N2O3. The smallest absolute Gasteiger partial charge is 0.162 e. The average molecular weight is 312 g/mol. The summed E-state index contributed by atoms with van der Waals surface area (Å²) in [4.78, 5) is 7.94. The standard InChI is InChI=1S/C18H20N2O3/c1-11(2)23-17-9-12(5-8-16(17)22-4)18-19-14-7-6-13(21-3)10-15(14)20-18/h5-11H,1-4H3,(H,19,20). The van der Waals surface area contributed by atoms with Crippen molar-refractivity contribution in [2.75, 3.05) is 14.2 Å². The number of hydrogen-bond acceptors (Lipinski definition) is 4. The van der Waals surface area contributed by atoms with Gasteiger partial charge in [-0.05, 0) is 44.2 Å². The molecule has 0 saturated heterocycles. The highest BCUT2D eigenvalue weighted by molar-refractivity contribution is 5.81. The van der Waals surface area contributed by atoms with Crippen molar-refractivity contribution in [1.82, 2.24) is 9.97 Å². The van der Waals surface area contributed by atoms with Gasteiger partial charge in [0.25, 0.3) is 0 Å². The second kappa shape index (κ2) is 6.20. The van der Waals surface area contributed by atoms with Gasteiger partial charge in [-0.1, -0.05) is 0 Å². The summed E-state index contributed by atoms with van der Waals surface area (Å²) in [5.41, 5.74) is 2.76. The Morgan fingerprint density at radius 2 is 1.78 bits per heavy atom. The summed E-state index contributed by atoms with van der Waals surface area (Å²) in [7, 11) is 3.28. The van der Waals surface area contributed by atoms with Crippen LogP contribution in [-0.4, -0.2) is 30.3 Å². The maximum atomic E-state index is 5.82. The first-order valence-corrected chi connectivity index (χ1v) is 7.49. The van der Waals surface area contributed by atoms with Crippen LogP contribution in [0.2, 0.25) is 0 Å². The van der Waals surface area contributed by atoms with E-state index in [4.69, 9.17) is 14.2 Å². The number of imidazole rings is 1. The van der Waals surface area contributed by atoms with Crippen LogP contribution in [0.15, 0.2) is 36.4 Å². The molecule has 23 heavy (non-hydrogen) atoms. The highest BCUT2D eigenvalue weighted by atomic mass is 16.5. The first-order valence-electron chi connectivity index (χ1n) is 7.49. The van der Waals surface area contributed by atoms with Crippen LogP contribution in [0.1, 0.15) is 13.8 Å². The second-order valence-corrected chi connectivity index (χ2v) is 5.50. The molecule has 5 heteroatoms. The van der Waals surface area contributed by atoms with Gasteiger partial charge in [0, 0.05) is 11.6 Å². The molecule has 0 aliphatic carbocycles. The minimum Gasteiger partial charge on any atom is -0.497 e. The number of benzene rings is 2. The van der Waals surface area contributed by atoms with E-state index in [2.05, 4.69) is 9.97 Å². The van der Waals surface area contributed by atoms with Gasteiger partial charge in [-0.2, -0.15) is 0 Å². The van der Waals surface area contributed by atoms with E-state index in [1.54, 1.807) is 14.2 Å². The fourth-order valence-corrected chi connectivity index (χ4v) is 2.42. The van der Waals surface area contributed by atoms with Crippen LogP contribution in [0.25, 0.3) is 22.4 Å². The zero-order valence-corrected chi connectivity index (χ0v) is 13.7. The van der Waals surface area contributed by atoms with Gasteiger partial charge in [0.15, 0.2) is 11.5 Å². The van der Waals surface area contributed by atoms with Crippen molar-refractivity contribution < 1.29 is 14.2 Å². The lowest BCUT2D eigenvalue weighted by Gasteiger charge is -2.14. The zero-order valence-electron chi connectivity index (χ0n) is 13.7. The Balaban J connectivity index is 2.03. The van der Waals surface area contributed by atoms with E-state index >= 15 is 0 Å². The van der Waals surface area contributed by atoms with Gasteiger partial charge in [0.1, 0.15) is 11.6 Å². The second-order valence-electron chi connectivity index (χ2n) is 5.50. The summed E-state index contributed by atoms with van der Waals surface area (Å²) in [5.74, 6) is 2.99. The molecule has 0 saturated carbocycles. The normalized spacial score (nSPS) is 11.0. The van der Waals surface area contributed by atoms with Crippen molar-refractivity contribution in [2.24, 2.45) is 0 Å². The Hall–Kier alpha value is -2.69. The van der Waals surface area contributed by atoms with Crippen LogP contribution in [0.4, 0.5) is 0 Å². The fourth-order valence-electron chi connectivity index (χ4n) is 2.42. The van der Waals surface area contributed by atoms with Crippen molar-refractivity contribution in [3.63, 3.8) is 0 Å². The maximum absolute atomic E-state index is 5.82. The van der Waals surface area contributed by atoms with E-state index in [1.807, 2.05) is 50.2 Å². The first-order chi connectivity index (χ1) is 11.1. The molecule has 1 aromatic heterocycles.